The van der Waals surface area contributed by atoms with Crippen LogP contribution in [0.5, 0.6) is 0 Å². The largest absolute Gasteiger partial charge is 0.346 e. The van der Waals surface area contributed by atoms with Crippen molar-refractivity contribution >= 4 is 17.5 Å². The standard InChI is InChI=1S/C15H19ClN4O2/c1-9(18-14(21)15(2,3)8-17)12-19-13(22-20-12)10-4-6-11(16)7-5-10/h4-7,9H,8,17H2,1-3H3,(H,18,21). The van der Waals surface area contributed by atoms with Gasteiger partial charge in [0.05, 0.1) is 11.5 Å². The van der Waals surface area contributed by atoms with E-state index in [1.807, 2.05) is 0 Å². The number of nitrogens with two attached hydrogens (primary N) is 1. The molecule has 1 atom stereocenters. The van der Waals surface area contributed by atoms with Crippen molar-refractivity contribution in [2.75, 3.05) is 6.54 Å². The van der Waals surface area contributed by atoms with Gasteiger partial charge in [-0.2, -0.15) is 4.98 Å². The molecule has 7 heteroatoms. The van der Waals surface area contributed by atoms with Gasteiger partial charge >= 0.3 is 0 Å². The third-order valence-corrected chi connectivity index (χ3v) is 3.64. The summed E-state index contributed by atoms with van der Waals surface area (Å²) in [6.45, 7) is 5.61. The summed E-state index contributed by atoms with van der Waals surface area (Å²) >= 11 is 5.84. The van der Waals surface area contributed by atoms with E-state index in [0.717, 1.165) is 5.56 Å². The Hall–Kier alpha value is -1.92. The van der Waals surface area contributed by atoms with Crippen LogP contribution in [0.2, 0.25) is 5.02 Å². The molecule has 1 aromatic heterocycles. The van der Waals surface area contributed by atoms with E-state index >= 15 is 0 Å². The number of halogens is 1. The van der Waals surface area contributed by atoms with Crippen LogP contribution < -0.4 is 11.1 Å². The van der Waals surface area contributed by atoms with Gasteiger partial charge in [0.25, 0.3) is 5.89 Å². The lowest BCUT2D eigenvalue weighted by Gasteiger charge is -2.23. The summed E-state index contributed by atoms with van der Waals surface area (Å²) in [5.41, 5.74) is 5.72. The van der Waals surface area contributed by atoms with Crippen LogP contribution >= 0.6 is 11.6 Å². The molecule has 22 heavy (non-hydrogen) atoms. The third kappa shape index (κ3) is 3.64. The molecule has 1 unspecified atom stereocenters. The fourth-order valence-electron chi connectivity index (χ4n) is 1.67. The van der Waals surface area contributed by atoms with E-state index in [4.69, 9.17) is 21.9 Å². The van der Waals surface area contributed by atoms with Gasteiger partial charge < -0.3 is 15.6 Å². The highest BCUT2D eigenvalue weighted by atomic mass is 35.5. The van der Waals surface area contributed by atoms with Crippen molar-refractivity contribution in [3.63, 3.8) is 0 Å². The van der Waals surface area contributed by atoms with Gasteiger partial charge in [0.15, 0.2) is 5.82 Å². The average molecular weight is 323 g/mol. The number of carbonyl (C=O) groups excluding carboxylic acids is 1. The lowest BCUT2D eigenvalue weighted by atomic mass is 9.92. The van der Waals surface area contributed by atoms with Crippen LogP contribution in [0.3, 0.4) is 0 Å². The molecule has 0 spiro atoms. The second-order valence-corrected chi connectivity index (χ2v) is 6.18. The minimum absolute atomic E-state index is 0.152. The Morgan fingerprint density at radius 3 is 2.64 bits per heavy atom. The number of amides is 1. The van der Waals surface area contributed by atoms with Gasteiger partial charge in [0.2, 0.25) is 5.91 Å². The number of benzene rings is 1. The van der Waals surface area contributed by atoms with Crippen molar-refractivity contribution in [3.8, 4) is 11.5 Å². The Kier molecular flexibility index (Phi) is 4.83. The lowest BCUT2D eigenvalue weighted by Crippen LogP contribution is -2.42. The maximum atomic E-state index is 12.1. The molecule has 2 aromatic rings. The minimum atomic E-state index is -0.642. The molecule has 118 valence electrons. The zero-order chi connectivity index (χ0) is 16.3. The molecule has 1 aromatic carbocycles. The average Bonchev–Trinajstić information content (AvgIpc) is 2.97. The van der Waals surface area contributed by atoms with Gasteiger partial charge in [-0.3, -0.25) is 4.79 Å². The molecular weight excluding hydrogens is 304 g/mol. The van der Waals surface area contributed by atoms with Crippen molar-refractivity contribution in [2.45, 2.75) is 26.8 Å². The van der Waals surface area contributed by atoms with Gasteiger partial charge in [-0.25, -0.2) is 0 Å². The van der Waals surface area contributed by atoms with E-state index < -0.39 is 5.41 Å². The van der Waals surface area contributed by atoms with Crippen molar-refractivity contribution in [2.24, 2.45) is 11.1 Å². The molecule has 3 N–H and O–H groups in total. The van der Waals surface area contributed by atoms with Crippen LogP contribution in [0.4, 0.5) is 0 Å². The molecule has 0 aliphatic heterocycles. The van der Waals surface area contributed by atoms with Crippen LogP contribution in [0.25, 0.3) is 11.5 Å². The van der Waals surface area contributed by atoms with Gasteiger partial charge in [0, 0.05) is 17.1 Å². The molecule has 1 amide bonds. The van der Waals surface area contributed by atoms with Gasteiger partial charge in [-0.05, 0) is 45.0 Å². The summed E-state index contributed by atoms with van der Waals surface area (Å²) in [5.74, 6) is 0.636. The monoisotopic (exact) mass is 322 g/mol. The Morgan fingerprint density at radius 1 is 1.41 bits per heavy atom. The second kappa shape index (κ2) is 6.46. The van der Waals surface area contributed by atoms with Crippen LogP contribution in [0.15, 0.2) is 28.8 Å². The fraction of sp³-hybridized carbons (Fsp3) is 0.400. The Morgan fingerprint density at radius 2 is 2.05 bits per heavy atom. The lowest BCUT2D eigenvalue weighted by molar-refractivity contribution is -0.129. The van der Waals surface area contributed by atoms with Gasteiger partial charge in [-0.15, -0.1) is 0 Å². The van der Waals surface area contributed by atoms with Crippen molar-refractivity contribution in [3.05, 3.63) is 35.1 Å². The first-order chi connectivity index (χ1) is 10.3. The normalized spacial score (nSPS) is 13.0. The second-order valence-electron chi connectivity index (χ2n) is 5.75. The summed E-state index contributed by atoms with van der Waals surface area (Å²) in [7, 11) is 0. The van der Waals surface area contributed by atoms with Crippen LogP contribution in [-0.4, -0.2) is 22.6 Å². The Labute approximate surface area is 134 Å². The van der Waals surface area contributed by atoms with Gasteiger partial charge in [-0.1, -0.05) is 16.8 Å². The molecule has 0 bridgehead atoms. The van der Waals surface area contributed by atoms with Crippen LogP contribution in [0.1, 0.15) is 32.6 Å². The van der Waals surface area contributed by atoms with Crippen LogP contribution in [0, 0.1) is 5.41 Å². The van der Waals surface area contributed by atoms with E-state index in [0.29, 0.717) is 16.7 Å². The molecule has 0 saturated heterocycles. The number of nitrogens with one attached hydrogen (secondary N) is 1. The Balaban J connectivity index is 2.11. The SMILES string of the molecule is CC(NC(=O)C(C)(C)CN)c1noc(-c2ccc(Cl)cc2)n1. The third-order valence-electron chi connectivity index (χ3n) is 3.39. The first-order valence-corrected chi connectivity index (χ1v) is 7.32. The van der Waals surface area contributed by atoms with Crippen molar-refractivity contribution in [1.29, 1.82) is 0 Å². The van der Waals surface area contributed by atoms with Gasteiger partial charge in [0.1, 0.15) is 0 Å². The van der Waals surface area contributed by atoms with Crippen molar-refractivity contribution < 1.29 is 9.32 Å². The van der Waals surface area contributed by atoms with E-state index in [1.54, 1.807) is 45.0 Å². The predicted molar refractivity (Wildman–Crippen MR) is 84.1 cm³/mol. The number of carbonyl (C=O) groups is 1. The highest BCUT2D eigenvalue weighted by Crippen LogP contribution is 2.22. The molecule has 1 heterocycles. The molecule has 6 nitrogen and oxygen atoms in total. The topological polar surface area (TPSA) is 94.0 Å². The molecule has 0 aliphatic carbocycles. The number of hydrogen-bond donors (Lipinski definition) is 2. The first kappa shape index (κ1) is 16.5. The summed E-state index contributed by atoms with van der Waals surface area (Å²) in [4.78, 5) is 16.4. The Bertz CT molecular complexity index is 652. The molecule has 0 radical (unpaired) electrons. The molecule has 0 aliphatic rings. The predicted octanol–water partition coefficient (Wildman–Crippen LogP) is 2.55. The fourth-order valence-corrected chi connectivity index (χ4v) is 1.80. The molecular formula is C15H19ClN4O2. The molecule has 0 saturated carbocycles. The summed E-state index contributed by atoms with van der Waals surface area (Å²) < 4.78 is 5.23. The highest BCUT2D eigenvalue weighted by molar-refractivity contribution is 6.30. The van der Waals surface area contributed by atoms with Crippen LogP contribution in [-0.2, 0) is 4.79 Å². The van der Waals surface area contributed by atoms with Crippen molar-refractivity contribution in [1.82, 2.24) is 15.5 Å². The quantitative estimate of drug-likeness (QED) is 0.882. The van der Waals surface area contributed by atoms with E-state index in [2.05, 4.69) is 15.5 Å². The summed E-state index contributed by atoms with van der Waals surface area (Å²) in [6, 6.07) is 6.70. The maximum absolute atomic E-state index is 12.1. The smallest absolute Gasteiger partial charge is 0.257 e. The molecule has 2 rings (SSSR count). The zero-order valence-electron chi connectivity index (χ0n) is 12.8. The first-order valence-electron chi connectivity index (χ1n) is 6.94. The minimum Gasteiger partial charge on any atom is -0.346 e. The number of rotatable bonds is 5. The summed E-state index contributed by atoms with van der Waals surface area (Å²) in [6.07, 6.45) is 0. The van der Waals surface area contributed by atoms with E-state index in [1.165, 1.54) is 0 Å². The highest BCUT2D eigenvalue weighted by Gasteiger charge is 2.28. The zero-order valence-corrected chi connectivity index (χ0v) is 13.5. The molecule has 0 fully saturated rings. The number of hydrogen-bond acceptors (Lipinski definition) is 5. The number of nitrogens with zero attached hydrogens (tertiary/aromatic N) is 2. The number of aromatic nitrogens is 2. The van der Waals surface area contributed by atoms with E-state index in [-0.39, 0.29) is 18.5 Å². The maximum Gasteiger partial charge on any atom is 0.257 e. The summed E-state index contributed by atoms with van der Waals surface area (Å²) in [5, 5.41) is 7.38. The van der Waals surface area contributed by atoms with E-state index in [9.17, 15) is 4.79 Å².